The second-order valence-electron chi connectivity index (χ2n) is 4.55. The number of hydrogen-bond donors (Lipinski definition) is 1. The van der Waals surface area contributed by atoms with Crippen LogP contribution in [-0.2, 0) is 0 Å². The van der Waals surface area contributed by atoms with E-state index >= 15 is 0 Å². The zero-order valence-electron chi connectivity index (χ0n) is 11.5. The van der Waals surface area contributed by atoms with Crippen molar-refractivity contribution in [2.45, 2.75) is 0 Å². The van der Waals surface area contributed by atoms with E-state index < -0.39 is 0 Å². The van der Waals surface area contributed by atoms with Crippen LogP contribution in [0.2, 0.25) is 15.1 Å². The Hall–Kier alpha value is -1.66. The molecule has 0 aliphatic heterocycles. The first-order chi connectivity index (χ1) is 11.1. The zero-order valence-corrected chi connectivity index (χ0v) is 14.6. The molecular weight excluding hydrogens is 375 g/mol. The lowest BCUT2D eigenvalue weighted by atomic mass is 10.2. The smallest absolute Gasteiger partial charge is 0.216 e. The maximum absolute atomic E-state index is 6.23. The van der Waals surface area contributed by atoms with Crippen molar-refractivity contribution < 1.29 is 0 Å². The molecule has 0 atom stereocenters. The molecule has 0 aliphatic rings. The molecule has 1 heterocycles. The molecule has 1 aromatic heterocycles. The van der Waals surface area contributed by atoms with E-state index in [9.17, 15) is 0 Å². The van der Waals surface area contributed by atoms with E-state index in [4.69, 9.17) is 47.0 Å². The Bertz CT molecular complexity index is 946. The van der Waals surface area contributed by atoms with Crippen molar-refractivity contribution in [1.82, 2.24) is 14.9 Å². The van der Waals surface area contributed by atoms with E-state index in [1.165, 1.54) is 4.68 Å². The summed E-state index contributed by atoms with van der Waals surface area (Å²) in [6.07, 6.45) is 1.61. The standard InChI is InChI=1S/C15H9Cl3N4S/c16-10-5-6-11(13(18)7-10)14-20-21-15(23)22(14)19-8-9-3-1-2-4-12(9)17/h1-8H,(H,21,23)/b19-8+. The molecule has 3 rings (SSSR count). The molecule has 4 nitrogen and oxygen atoms in total. The minimum atomic E-state index is 0.342. The van der Waals surface area contributed by atoms with E-state index in [-0.39, 0.29) is 0 Å². The Labute approximate surface area is 152 Å². The van der Waals surface area contributed by atoms with Gasteiger partial charge in [0.1, 0.15) is 0 Å². The van der Waals surface area contributed by atoms with Crippen molar-refractivity contribution in [2.24, 2.45) is 5.10 Å². The van der Waals surface area contributed by atoms with Gasteiger partial charge in [0.15, 0.2) is 5.82 Å². The molecule has 0 spiro atoms. The Morgan fingerprint density at radius 2 is 1.87 bits per heavy atom. The minimum absolute atomic E-state index is 0.342. The van der Waals surface area contributed by atoms with Crippen molar-refractivity contribution in [3.8, 4) is 11.4 Å². The van der Waals surface area contributed by atoms with Gasteiger partial charge in [-0.2, -0.15) is 14.9 Å². The fraction of sp³-hybridized carbons (Fsp3) is 0. The molecule has 23 heavy (non-hydrogen) atoms. The highest BCUT2D eigenvalue weighted by atomic mass is 35.5. The molecule has 0 fully saturated rings. The number of aromatic nitrogens is 3. The number of rotatable bonds is 3. The largest absolute Gasteiger partial charge is 0.250 e. The lowest BCUT2D eigenvalue weighted by molar-refractivity contribution is 0.871. The average Bonchev–Trinajstić information content (AvgIpc) is 2.87. The van der Waals surface area contributed by atoms with Gasteiger partial charge in [0, 0.05) is 21.2 Å². The minimum Gasteiger partial charge on any atom is -0.250 e. The van der Waals surface area contributed by atoms with Gasteiger partial charge in [-0.05, 0) is 36.5 Å². The normalized spacial score (nSPS) is 11.3. The summed E-state index contributed by atoms with van der Waals surface area (Å²) in [6.45, 7) is 0. The van der Waals surface area contributed by atoms with Crippen LogP contribution in [0, 0.1) is 4.77 Å². The fourth-order valence-electron chi connectivity index (χ4n) is 1.94. The molecule has 8 heteroatoms. The van der Waals surface area contributed by atoms with E-state index in [1.54, 1.807) is 30.5 Å². The highest BCUT2D eigenvalue weighted by Gasteiger charge is 2.12. The zero-order chi connectivity index (χ0) is 16.4. The third-order valence-corrected chi connectivity index (χ3v) is 4.20. The first-order valence-electron chi connectivity index (χ1n) is 6.48. The number of H-pyrrole nitrogens is 1. The number of nitrogens with one attached hydrogen (secondary N) is 1. The molecular formula is C15H9Cl3N4S. The Morgan fingerprint density at radius 3 is 2.61 bits per heavy atom. The van der Waals surface area contributed by atoms with Crippen molar-refractivity contribution in [3.05, 3.63) is 67.9 Å². The Balaban J connectivity index is 2.06. The Morgan fingerprint density at radius 1 is 1.09 bits per heavy atom. The van der Waals surface area contributed by atoms with Crippen LogP contribution in [0.3, 0.4) is 0 Å². The monoisotopic (exact) mass is 382 g/mol. The third kappa shape index (κ3) is 3.48. The summed E-state index contributed by atoms with van der Waals surface area (Å²) in [5, 5.41) is 12.8. The van der Waals surface area contributed by atoms with Crippen LogP contribution >= 0.6 is 47.0 Å². The summed E-state index contributed by atoms with van der Waals surface area (Å²) in [5.74, 6) is 0.486. The molecule has 0 saturated heterocycles. The average molecular weight is 384 g/mol. The number of benzene rings is 2. The van der Waals surface area contributed by atoms with Crippen LogP contribution in [0.5, 0.6) is 0 Å². The molecule has 2 aromatic carbocycles. The van der Waals surface area contributed by atoms with Gasteiger partial charge in [-0.3, -0.25) is 0 Å². The van der Waals surface area contributed by atoms with Crippen LogP contribution in [0.25, 0.3) is 11.4 Å². The summed E-state index contributed by atoms with van der Waals surface area (Å²) in [5.41, 5.74) is 1.44. The van der Waals surface area contributed by atoms with Crippen molar-refractivity contribution in [1.29, 1.82) is 0 Å². The van der Waals surface area contributed by atoms with Gasteiger partial charge in [-0.25, -0.2) is 5.10 Å². The summed E-state index contributed by atoms with van der Waals surface area (Å²) >= 11 is 23.5. The van der Waals surface area contributed by atoms with Gasteiger partial charge in [0.2, 0.25) is 4.77 Å². The molecule has 3 aromatic rings. The first-order valence-corrected chi connectivity index (χ1v) is 8.02. The van der Waals surface area contributed by atoms with Crippen LogP contribution < -0.4 is 0 Å². The van der Waals surface area contributed by atoms with E-state index in [0.717, 1.165) is 5.56 Å². The lowest BCUT2D eigenvalue weighted by Crippen LogP contribution is -1.96. The lowest BCUT2D eigenvalue weighted by Gasteiger charge is -2.04. The van der Waals surface area contributed by atoms with E-state index in [0.29, 0.717) is 31.2 Å². The van der Waals surface area contributed by atoms with Gasteiger partial charge in [-0.1, -0.05) is 53.0 Å². The van der Waals surface area contributed by atoms with Gasteiger partial charge >= 0.3 is 0 Å². The third-order valence-electron chi connectivity index (χ3n) is 3.04. The van der Waals surface area contributed by atoms with Crippen molar-refractivity contribution in [2.75, 3.05) is 0 Å². The quantitative estimate of drug-likeness (QED) is 0.483. The SMILES string of the molecule is S=c1[nH]nc(-c2ccc(Cl)cc2Cl)n1/N=C/c1ccccc1Cl. The van der Waals surface area contributed by atoms with Crippen molar-refractivity contribution in [3.63, 3.8) is 0 Å². The molecule has 0 amide bonds. The molecule has 0 radical (unpaired) electrons. The second kappa shape index (κ2) is 6.84. The number of nitrogens with zero attached hydrogens (tertiary/aromatic N) is 3. The predicted octanol–water partition coefficient (Wildman–Crippen LogP) is 5.45. The molecule has 0 saturated carbocycles. The molecule has 116 valence electrons. The fourth-order valence-corrected chi connectivity index (χ4v) is 2.80. The summed E-state index contributed by atoms with van der Waals surface area (Å²) in [7, 11) is 0. The molecule has 0 bridgehead atoms. The van der Waals surface area contributed by atoms with Crippen LogP contribution in [-0.4, -0.2) is 21.1 Å². The number of aromatic amines is 1. The van der Waals surface area contributed by atoms with Crippen LogP contribution in [0.4, 0.5) is 0 Å². The van der Waals surface area contributed by atoms with Gasteiger partial charge in [0.05, 0.1) is 11.2 Å². The summed E-state index contributed by atoms with van der Waals surface area (Å²) in [4.78, 5) is 0. The van der Waals surface area contributed by atoms with Gasteiger partial charge < -0.3 is 0 Å². The van der Waals surface area contributed by atoms with Crippen molar-refractivity contribution >= 4 is 53.2 Å². The molecule has 1 N–H and O–H groups in total. The van der Waals surface area contributed by atoms with Crippen LogP contribution in [0.15, 0.2) is 47.6 Å². The molecule has 0 unspecified atom stereocenters. The highest BCUT2D eigenvalue weighted by molar-refractivity contribution is 7.71. The highest BCUT2D eigenvalue weighted by Crippen LogP contribution is 2.29. The summed E-state index contributed by atoms with van der Waals surface area (Å²) in [6, 6.07) is 12.5. The van der Waals surface area contributed by atoms with Crippen LogP contribution in [0.1, 0.15) is 5.56 Å². The Kier molecular flexibility index (Phi) is 4.82. The van der Waals surface area contributed by atoms with E-state index in [1.807, 2.05) is 18.2 Å². The second-order valence-corrected chi connectivity index (χ2v) is 6.19. The number of hydrogen-bond acceptors (Lipinski definition) is 3. The maximum Gasteiger partial charge on any atom is 0.216 e. The predicted molar refractivity (Wildman–Crippen MR) is 97.3 cm³/mol. The number of halogens is 3. The van der Waals surface area contributed by atoms with Gasteiger partial charge in [0.25, 0.3) is 0 Å². The topological polar surface area (TPSA) is 46.0 Å². The first kappa shape index (κ1) is 16.2. The summed E-state index contributed by atoms with van der Waals surface area (Å²) < 4.78 is 1.82. The van der Waals surface area contributed by atoms with Gasteiger partial charge in [-0.15, -0.1) is 0 Å². The van der Waals surface area contributed by atoms with E-state index in [2.05, 4.69) is 15.3 Å². The molecule has 0 aliphatic carbocycles. The maximum atomic E-state index is 6.23.